The van der Waals surface area contributed by atoms with Gasteiger partial charge in [-0.1, -0.05) is 0 Å². The molecule has 0 bridgehead atoms. The second-order valence-corrected chi connectivity index (χ2v) is 4.24. The van der Waals surface area contributed by atoms with Crippen molar-refractivity contribution >= 4 is 23.2 Å². The Kier molecular flexibility index (Phi) is 4.13. The van der Waals surface area contributed by atoms with Gasteiger partial charge in [0, 0.05) is 18.8 Å². The van der Waals surface area contributed by atoms with E-state index >= 15 is 0 Å². The second-order valence-electron chi connectivity index (χ2n) is 4.24. The number of aromatic amines is 1. The smallest absolute Gasteiger partial charge is 0.261 e. The Morgan fingerprint density at radius 2 is 1.95 bits per heavy atom. The summed E-state index contributed by atoms with van der Waals surface area (Å²) in [5, 5.41) is 4.77. The van der Waals surface area contributed by atoms with Crippen LogP contribution in [0.15, 0.2) is 41.3 Å². The Balaban J connectivity index is 2.24. The van der Waals surface area contributed by atoms with Crippen molar-refractivity contribution in [3.05, 3.63) is 58.3 Å². The summed E-state index contributed by atoms with van der Waals surface area (Å²) in [6.45, 7) is 1.24. The van der Waals surface area contributed by atoms with E-state index in [1.165, 1.54) is 37.4 Å². The number of hydrogen-bond acceptors (Lipinski definition) is 3. The first-order chi connectivity index (χ1) is 9.97. The average Bonchev–Trinajstić information content (AvgIpc) is 2.42. The molecule has 1 aromatic carbocycles. The number of carbonyl (C=O) groups is 2. The molecular formula is C14H12FN3O3. The molecule has 7 heteroatoms. The molecule has 2 aromatic rings. The standard InChI is InChI=1S/C14H12FN3O3/c1-8(19)17-12-7-9(4-5-11(12)15)18-14(21)10-3-2-6-16-13(10)20/h2-7H,1H3,(H,16,20)(H,17,19)(H,18,21). The number of rotatable bonds is 3. The third-order valence-corrected chi connectivity index (χ3v) is 2.60. The molecule has 0 aliphatic carbocycles. The summed E-state index contributed by atoms with van der Waals surface area (Å²) < 4.78 is 13.5. The minimum absolute atomic E-state index is 0.0535. The Bertz CT molecular complexity index is 755. The highest BCUT2D eigenvalue weighted by Gasteiger charge is 2.11. The summed E-state index contributed by atoms with van der Waals surface area (Å²) in [5.74, 6) is -1.69. The predicted octanol–water partition coefficient (Wildman–Crippen LogP) is 1.72. The molecule has 0 saturated heterocycles. The largest absolute Gasteiger partial charge is 0.328 e. The van der Waals surface area contributed by atoms with Gasteiger partial charge in [-0.3, -0.25) is 14.4 Å². The number of benzene rings is 1. The molecule has 0 aliphatic rings. The highest BCUT2D eigenvalue weighted by molar-refractivity contribution is 6.04. The minimum Gasteiger partial charge on any atom is -0.328 e. The number of anilines is 2. The first-order valence-corrected chi connectivity index (χ1v) is 6.03. The predicted molar refractivity (Wildman–Crippen MR) is 75.7 cm³/mol. The van der Waals surface area contributed by atoms with Gasteiger partial charge in [0.2, 0.25) is 5.91 Å². The number of aromatic nitrogens is 1. The molecule has 1 aromatic heterocycles. The van der Waals surface area contributed by atoms with Gasteiger partial charge in [0.25, 0.3) is 11.5 Å². The maximum Gasteiger partial charge on any atom is 0.261 e. The molecule has 0 saturated carbocycles. The second kappa shape index (κ2) is 6.00. The van der Waals surface area contributed by atoms with Crippen LogP contribution in [0, 0.1) is 5.82 Å². The molecule has 0 unspecified atom stereocenters. The van der Waals surface area contributed by atoms with E-state index in [1.807, 2.05) is 0 Å². The zero-order valence-electron chi connectivity index (χ0n) is 11.1. The van der Waals surface area contributed by atoms with Crippen LogP contribution in [0.5, 0.6) is 0 Å². The fraction of sp³-hybridized carbons (Fsp3) is 0.0714. The van der Waals surface area contributed by atoms with Gasteiger partial charge in [-0.2, -0.15) is 0 Å². The summed E-state index contributed by atoms with van der Waals surface area (Å²) in [5.41, 5.74) is -0.391. The molecule has 2 amide bonds. The summed E-state index contributed by atoms with van der Waals surface area (Å²) >= 11 is 0. The topological polar surface area (TPSA) is 91.1 Å². The number of carbonyl (C=O) groups excluding carboxylic acids is 2. The van der Waals surface area contributed by atoms with Crippen molar-refractivity contribution in [1.29, 1.82) is 0 Å². The van der Waals surface area contributed by atoms with Crippen molar-refractivity contribution in [1.82, 2.24) is 4.98 Å². The van der Waals surface area contributed by atoms with Crippen LogP contribution in [0.3, 0.4) is 0 Å². The van der Waals surface area contributed by atoms with Gasteiger partial charge in [0.15, 0.2) is 0 Å². The fourth-order valence-corrected chi connectivity index (χ4v) is 1.69. The van der Waals surface area contributed by atoms with Gasteiger partial charge in [-0.05, 0) is 30.3 Å². The number of amides is 2. The van der Waals surface area contributed by atoms with Crippen LogP contribution < -0.4 is 16.2 Å². The lowest BCUT2D eigenvalue weighted by Crippen LogP contribution is -2.22. The first-order valence-electron chi connectivity index (χ1n) is 6.03. The van der Waals surface area contributed by atoms with Crippen LogP contribution in [0.4, 0.5) is 15.8 Å². The van der Waals surface area contributed by atoms with E-state index in [9.17, 15) is 18.8 Å². The van der Waals surface area contributed by atoms with Crippen molar-refractivity contribution in [3.63, 3.8) is 0 Å². The van der Waals surface area contributed by atoms with Crippen LogP contribution in [0.2, 0.25) is 0 Å². The van der Waals surface area contributed by atoms with Crippen molar-refractivity contribution < 1.29 is 14.0 Å². The third kappa shape index (κ3) is 3.53. The molecule has 21 heavy (non-hydrogen) atoms. The van der Waals surface area contributed by atoms with E-state index in [-0.39, 0.29) is 16.9 Å². The lowest BCUT2D eigenvalue weighted by Gasteiger charge is -2.08. The van der Waals surface area contributed by atoms with Crippen LogP contribution in [0.1, 0.15) is 17.3 Å². The molecule has 3 N–H and O–H groups in total. The van der Waals surface area contributed by atoms with Crippen molar-refractivity contribution in [2.24, 2.45) is 0 Å². The maximum absolute atomic E-state index is 13.5. The van der Waals surface area contributed by atoms with Gasteiger partial charge < -0.3 is 15.6 Å². The highest BCUT2D eigenvalue weighted by atomic mass is 19.1. The zero-order valence-corrected chi connectivity index (χ0v) is 11.1. The number of H-pyrrole nitrogens is 1. The summed E-state index contributed by atoms with van der Waals surface area (Å²) in [7, 11) is 0. The monoisotopic (exact) mass is 289 g/mol. The molecule has 2 rings (SSSR count). The number of nitrogens with one attached hydrogen (secondary N) is 3. The van der Waals surface area contributed by atoms with E-state index in [2.05, 4.69) is 15.6 Å². The van der Waals surface area contributed by atoms with E-state index in [1.54, 1.807) is 0 Å². The molecule has 108 valence electrons. The summed E-state index contributed by atoms with van der Waals surface area (Å²) in [4.78, 5) is 36.8. The average molecular weight is 289 g/mol. The Morgan fingerprint density at radius 1 is 1.19 bits per heavy atom. The SMILES string of the molecule is CC(=O)Nc1cc(NC(=O)c2ccc[nH]c2=O)ccc1F. The molecule has 0 atom stereocenters. The molecule has 0 radical (unpaired) electrons. The molecule has 0 aliphatic heterocycles. The number of halogens is 1. The van der Waals surface area contributed by atoms with E-state index in [0.717, 1.165) is 6.07 Å². The molecule has 1 heterocycles. The Morgan fingerprint density at radius 3 is 2.62 bits per heavy atom. The van der Waals surface area contributed by atoms with E-state index < -0.39 is 23.2 Å². The lowest BCUT2D eigenvalue weighted by atomic mass is 10.2. The van der Waals surface area contributed by atoms with E-state index in [0.29, 0.717) is 0 Å². The summed E-state index contributed by atoms with van der Waals surface area (Å²) in [6, 6.07) is 6.59. The van der Waals surface area contributed by atoms with Crippen molar-refractivity contribution in [2.45, 2.75) is 6.92 Å². The first kappa shape index (κ1) is 14.4. The lowest BCUT2D eigenvalue weighted by molar-refractivity contribution is -0.114. The van der Waals surface area contributed by atoms with Gasteiger partial charge in [-0.25, -0.2) is 4.39 Å². The third-order valence-electron chi connectivity index (χ3n) is 2.60. The van der Waals surface area contributed by atoms with Gasteiger partial charge in [-0.15, -0.1) is 0 Å². The zero-order chi connectivity index (χ0) is 15.4. The van der Waals surface area contributed by atoms with Crippen LogP contribution in [-0.2, 0) is 4.79 Å². The Labute approximate surface area is 119 Å². The van der Waals surface area contributed by atoms with Gasteiger partial charge in [0.05, 0.1) is 5.69 Å². The molecule has 0 fully saturated rings. The van der Waals surface area contributed by atoms with Crippen molar-refractivity contribution in [2.75, 3.05) is 10.6 Å². The van der Waals surface area contributed by atoms with Gasteiger partial charge >= 0.3 is 0 Å². The maximum atomic E-state index is 13.5. The molecule has 6 nitrogen and oxygen atoms in total. The normalized spacial score (nSPS) is 10.0. The number of pyridine rings is 1. The summed E-state index contributed by atoms with van der Waals surface area (Å²) in [6.07, 6.45) is 1.41. The highest BCUT2D eigenvalue weighted by Crippen LogP contribution is 2.19. The van der Waals surface area contributed by atoms with Crippen LogP contribution in [0.25, 0.3) is 0 Å². The van der Waals surface area contributed by atoms with E-state index in [4.69, 9.17) is 0 Å². The number of hydrogen-bond donors (Lipinski definition) is 3. The van der Waals surface area contributed by atoms with Gasteiger partial charge in [0.1, 0.15) is 11.4 Å². The minimum atomic E-state index is -0.628. The Hall–Kier alpha value is -2.96. The molecule has 0 spiro atoms. The quantitative estimate of drug-likeness (QED) is 0.803. The molecular weight excluding hydrogens is 277 g/mol. The van der Waals surface area contributed by atoms with Crippen LogP contribution >= 0.6 is 0 Å². The van der Waals surface area contributed by atoms with Crippen LogP contribution in [-0.4, -0.2) is 16.8 Å². The van der Waals surface area contributed by atoms with Crippen molar-refractivity contribution in [3.8, 4) is 0 Å². The fourth-order valence-electron chi connectivity index (χ4n) is 1.69.